The monoisotopic (exact) mass is 300 g/mol. The van der Waals surface area contributed by atoms with Crippen LogP contribution < -0.4 is 0 Å². The van der Waals surface area contributed by atoms with Gasteiger partial charge >= 0.3 is 5.97 Å². The molecule has 0 unspecified atom stereocenters. The molecule has 0 amide bonds. The summed E-state index contributed by atoms with van der Waals surface area (Å²) < 4.78 is 1.87. The predicted molar refractivity (Wildman–Crippen MR) is 83.9 cm³/mol. The van der Waals surface area contributed by atoms with Crippen molar-refractivity contribution in [1.29, 1.82) is 0 Å². The molecule has 1 aromatic carbocycles. The molecule has 0 saturated carbocycles. The van der Waals surface area contributed by atoms with Crippen LogP contribution in [0.3, 0.4) is 0 Å². The van der Waals surface area contributed by atoms with Crippen LogP contribution in [0.1, 0.15) is 31.0 Å². The van der Waals surface area contributed by atoms with Crippen molar-refractivity contribution in [3.05, 3.63) is 47.1 Å². The second-order valence-corrected chi connectivity index (χ2v) is 6.18. The Kier molecular flexibility index (Phi) is 3.51. The quantitative estimate of drug-likeness (QED) is 0.797. The zero-order chi connectivity index (χ0) is 15.0. The first-order valence-electron chi connectivity index (χ1n) is 6.83. The molecule has 1 N–H and O–H groups in total. The number of aliphatic carboxylic acids is 1. The van der Waals surface area contributed by atoms with Crippen molar-refractivity contribution in [2.24, 2.45) is 0 Å². The molecule has 108 valence electrons. The molecular formula is C16H16N2O2S. The van der Waals surface area contributed by atoms with Gasteiger partial charge in [-0.05, 0) is 11.5 Å². The lowest BCUT2D eigenvalue weighted by molar-refractivity contribution is -0.136. The third kappa shape index (κ3) is 2.56. The van der Waals surface area contributed by atoms with Crippen LogP contribution in [0, 0.1) is 0 Å². The summed E-state index contributed by atoms with van der Waals surface area (Å²) >= 11 is 1.51. The van der Waals surface area contributed by atoms with Gasteiger partial charge in [-0.3, -0.25) is 9.20 Å². The average molecular weight is 300 g/mol. The number of benzene rings is 1. The van der Waals surface area contributed by atoms with Gasteiger partial charge in [0, 0.05) is 17.1 Å². The number of hydrogen-bond donors (Lipinski definition) is 1. The summed E-state index contributed by atoms with van der Waals surface area (Å²) in [5, 5.41) is 11.0. The largest absolute Gasteiger partial charge is 0.481 e. The van der Waals surface area contributed by atoms with Gasteiger partial charge in [0.05, 0.1) is 17.8 Å². The number of nitrogens with zero attached hydrogens (tertiary/aromatic N) is 2. The summed E-state index contributed by atoms with van der Waals surface area (Å²) in [5.74, 6) is -0.369. The van der Waals surface area contributed by atoms with E-state index >= 15 is 0 Å². The molecule has 3 rings (SSSR count). The molecule has 0 atom stereocenters. The topological polar surface area (TPSA) is 54.6 Å². The minimum absolute atomic E-state index is 0.0286. The molecular weight excluding hydrogens is 284 g/mol. The SMILES string of the molecule is CC(C)c1ccc(-c2nc3sccn3c2CC(=O)O)cc1. The van der Waals surface area contributed by atoms with Gasteiger partial charge in [-0.15, -0.1) is 11.3 Å². The van der Waals surface area contributed by atoms with Gasteiger partial charge in [-0.2, -0.15) is 0 Å². The van der Waals surface area contributed by atoms with E-state index in [1.165, 1.54) is 16.9 Å². The number of carboxylic acids is 1. The van der Waals surface area contributed by atoms with Crippen LogP contribution in [0.2, 0.25) is 0 Å². The highest BCUT2D eigenvalue weighted by molar-refractivity contribution is 7.15. The standard InChI is InChI=1S/C16H16N2O2S/c1-10(2)11-3-5-12(6-4-11)15-13(9-14(19)20)18-7-8-21-16(18)17-15/h3-8,10H,9H2,1-2H3,(H,19,20). The molecule has 0 bridgehead atoms. The molecule has 5 heteroatoms. The molecule has 0 saturated heterocycles. The van der Waals surface area contributed by atoms with Gasteiger partial charge < -0.3 is 5.11 Å². The fourth-order valence-electron chi connectivity index (χ4n) is 2.40. The van der Waals surface area contributed by atoms with Crippen molar-refractivity contribution in [2.45, 2.75) is 26.2 Å². The number of hydrogen-bond acceptors (Lipinski definition) is 3. The Labute approximate surface area is 126 Å². The zero-order valence-electron chi connectivity index (χ0n) is 11.9. The van der Waals surface area contributed by atoms with Crippen molar-refractivity contribution >= 4 is 22.3 Å². The van der Waals surface area contributed by atoms with Crippen molar-refractivity contribution in [2.75, 3.05) is 0 Å². The Morgan fingerprint density at radius 1 is 1.33 bits per heavy atom. The molecule has 0 aliphatic carbocycles. The lowest BCUT2D eigenvalue weighted by Crippen LogP contribution is -2.04. The third-order valence-corrected chi connectivity index (χ3v) is 4.29. The molecule has 0 radical (unpaired) electrons. The van der Waals surface area contributed by atoms with Gasteiger partial charge in [0.25, 0.3) is 0 Å². The summed E-state index contributed by atoms with van der Waals surface area (Å²) in [4.78, 5) is 16.5. The van der Waals surface area contributed by atoms with Crippen LogP contribution in [-0.2, 0) is 11.2 Å². The lowest BCUT2D eigenvalue weighted by atomic mass is 10.00. The number of rotatable bonds is 4. The van der Waals surface area contributed by atoms with E-state index in [1.54, 1.807) is 0 Å². The molecule has 4 nitrogen and oxygen atoms in total. The summed E-state index contributed by atoms with van der Waals surface area (Å²) in [6, 6.07) is 8.20. The van der Waals surface area contributed by atoms with Crippen LogP contribution in [0.4, 0.5) is 0 Å². The molecule has 0 spiro atoms. The Morgan fingerprint density at radius 3 is 2.67 bits per heavy atom. The fraction of sp³-hybridized carbons (Fsp3) is 0.250. The average Bonchev–Trinajstić information content (AvgIpc) is 3.01. The first kappa shape index (κ1) is 13.8. The maximum absolute atomic E-state index is 11.1. The highest BCUT2D eigenvalue weighted by Gasteiger charge is 2.17. The second kappa shape index (κ2) is 5.33. The van der Waals surface area contributed by atoms with Crippen molar-refractivity contribution < 1.29 is 9.90 Å². The Morgan fingerprint density at radius 2 is 2.05 bits per heavy atom. The van der Waals surface area contributed by atoms with Crippen LogP contribution in [0.15, 0.2) is 35.8 Å². The van der Waals surface area contributed by atoms with Crippen LogP contribution >= 0.6 is 11.3 Å². The maximum atomic E-state index is 11.1. The first-order valence-corrected chi connectivity index (χ1v) is 7.71. The van der Waals surface area contributed by atoms with E-state index in [2.05, 4.69) is 31.0 Å². The van der Waals surface area contributed by atoms with Gasteiger partial charge in [0.2, 0.25) is 0 Å². The Balaban J connectivity index is 2.10. The molecule has 0 aliphatic rings. The maximum Gasteiger partial charge on any atom is 0.309 e. The molecule has 0 aliphatic heterocycles. The summed E-state index contributed by atoms with van der Waals surface area (Å²) in [6.07, 6.45) is 1.84. The summed E-state index contributed by atoms with van der Waals surface area (Å²) in [5.41, 5.74) is 3.72. The van der Waals surface area contributed by atoms with Crippen molar-refractivity contribution in [1.82, 2.24) is 9.38 Å². The van der Waals surface area contributed by atoms with Crippen LogP contribution in [0.5, 0.6) is 0 Å². The number of carbonyl (C=O) groups is 1. The van der Waals surface area contributed by atoms with Gasteiger partial charge in [-0.25, -0.2) is 4.98 Å². The third-order valence-electron chi connectivity index (χ3n) is 3.53. The van der Waals surface area contributed by atoms with E-state index in [0.29, 0.717) is 5.92 Å². The van der Waals surface area contributed by atoms with E-state index in [9.17, 15) is 4.79 Å². The van der Waals surface area contributed by atoms with Crippen molar-refractivity contribution in [3.63, 3.8) is 0 Å². The Hall–Kier alpha value is -2.14. The molecule has 21 heavy (non-hydrogen) atoms. The first-order chi connectivity index (χ1) is 10.1. The number of thiazole rings is 1. The highest BCUT2D eigenvalue weighted by atomic mass is 32.1. The Bertz CT molecular complexity index is 784. The second-order valence-electron chi connectivity index (χ2n) is 5.31. The summed E-state index contributed by atoms with van der Waals surface area (Å²) in [7, 11) is 0. The van der Waals surface area contributed by atoms with E-state index in [0.717, 1.165) is 21.9 Å². The number of carboxylic acid groups (broad SMARTS) is 1. The normalized spacial score (nSPS) is 11.4. The number of aromatic nitrogens is 2. The minimum Gasteiger partial charge on any atom is -0.481 e. The molecule has 2 aromatic heterocycles. The van der Waals surface area contributed by atoms with Gasteiger partial charge in [-0.1, -0.05) is 38.1 Å². The fourth-order valence-corrected chi connectivity index (χ4v) is 3.13. The van der Waals surface area contributed by atoms with Gasteiger partial charge in [0.1, 0.15) is 0 Å². The van der Waals surface area contributed by atoms with Crippen molar-refractivity contribution in [3.8, 4) is 11.3 Å². The zero-order valence-corrected chi connectivity index (χ0v) is 12.7. The van der Waals surface area contributed by atoms with Crippen LogP contribution in [0.25, 0.3) is 16.2 Å². The van der Waals surface area contributed by atoms with E-state index in [1.807, 2.05) is 28.1 Å². The molecule has 2 heterocycles. The van der Waals surface area contributed by atoms with Gasteiger partial charge in [0.15, 0.2) is 4.96 Å². The minimum atomic E-state index is -0.844. The van der Waals surface area contributed by atoms with Crippen LogP contribution in [-0.4, -0.2) is 20.5 Å². The van der Waals surface area contributed by atoms with E-state index in [4.69, 9.17) is 5.11 Å². The highest BCUT2D eigenvalue weighted by Crippen LogP contribution is 2.28. The van der Waals surface area contributed by atoms with E-state index in [-0.39, 0.29) is 6.42 Å². The predicted octanol–water partition coefficient (Wildman–Crippen LogP) is 3.81. The summed E-state index contributed by atoms with van der Waals surface area (Å²) in [6.45, 7) is 4.30. The smallest absolute Gasteiger partial charge is 0.309 e. The number of fused-ring (bicyclic) bond motifs is 1. The molecule has 0 fully saturated rings. The number of imidazole rings is 1. The van der Waals surface area contributed by atoms with E-state index < -0.39 is 5.97 Å². The molecule has 3 aromatic rings. The lowest BCUT2D eigenvalue weighted by Gasteiger charge is -2.07.